The Morgan fingerprint density at radius 2 is 1.65 bits per heavy atom. The number of hydrogen-bond donors (Lipinski definition) is 1. The highest BCUT2D eigenvalue weighted by atomic mass is 35.5. The number of rotatable bonds is 5. The van der Waals surface area contributed by atoms with Crippen LogP contribution in [0.2, 0.25) is 5.02 Å². The normalized spacial score (nSPS) is 15.1. The number of anilines is 3. The van der Waals surface area contributed by atoms with Gasteiger partial charge in [-0.2, -0.15) is 4.31 Å². The molecule has 2 heterocycles. The lowest BCUT2D eigenvalue weighted by Crippen LogP contribution is -2.49. The molecule has 1 aliphatic rings. The Labute approximate surface area is 187 Å². The predicted octanol–water partition coefficient (Wildman–Crippen LogP) is 4.00. The molecule has 4 rings (SSSR count). The van der Waals surface area contributed by atoms with Gasteiger partial charge in [0.05, 0.1) is 4.90 Å². The molecule has 1 N–H and O–H groups in total. The van der Waals surface area contributed by atoms with Gasteiger partial charge >= 0.3 is 0 Å². The first-order valence-corrected chi connectivity index (χ1v) is 11.8. The third kappa shape index (κ3) is 4.98. The SMILES string of the molecule is Cc1ccc(Nc2cc(N3CCN(S(=O)(=O)c4cccc(Cl)c4)CC3)nc(C)n2)cc1. The van der Waals surface area contributed by atoms with E-state index >= 15 is 0 Å². The second kappa shape index (κ2) is 8.82. The van der Waals surface area contributed by atoms with Gasteiger partial charge in [0.1, 0.15) is 17.5 Å². The maximum Gasteiger partial charge on any atom is 0.243 e. The van der Waals surface area contributed by atoms with Gasteiger partial charge in [-0.3, -0.25) is 0 Å². The van der Waals surface area contributed by atoms with Crippen LogP contribution in [0.1, 0.15) is 11.4 Å². The molecular formula is C22H24ClN5O2S. The summed E-state index contributed by atoms with van der Waals surface area (Å²) in [6.45, 7) is 5.73. The molecule has 0 aliphatic carbocycles. The fraction of sp³-hybridized carbons (Fsp3) is 0.273. The maximum atomic E-state index is 12.9. The second-order valence-electron chi connectivity index (χ2n) is 7.50. The summed E-state index contributed by atoms with van der Waals surface area (Å²) in [6, 6.07) is 16.4. The van der Waals surface area contributed by atoms with Gasteiger partial charge in [0.2, 0.25) is 10.0 Å². The van der Waals surface area contributed by atoms with Crippen LogP contribution in [0.3, 0.4) is 0 Å². The molecule has 0 radical (unpaired) electrons. The molecule has 7 nitrogen and oxygen atoms in total. The molecule has 1 aliphatic heterocycles. The number of halogens is 1. The standard InChI is InChI=1S/C22H24ClN5O2S/c1-16-6-8-19(9-7-16)26-21-15-22(25-17(2)24-21)27-10-12-28(13-11-27)31(29,30)20-5-3-4-18(23)14-20/h3-9,14-15H,10-13H2,1-2H3,(H,24,25,26). The first kappa shape index (κ1) is 21.5. The third-order valence-electron chi connectivity index (χ3n) is 5.14. The Balaban J connectivity index is 1.47. The van der Waals surface area contributed by atoms with Crippen LogP contribution < -0.4 is 10.2 Å². The number of aromatic nitrogens is 2. The van der Waals surface area contributed by atoms with Gasteiger partial charge in [-0.1, -0.05) is 35.4 Å². The largest absolute Gasteiger partial charge is 0.354 e. The van der Waals surface area contributed by atoms with Crippen LogP contribution in [0.4, 0.5) is 17.3 Å². The molecule has 0 atom stereocenters. The van der Waals surface area contributed by atoms with E-state index in [9.17, 15) is 8.42 Å². The van der Waals surface area contributed by atoms with Crippen molar-refractivity contribution in [3.05, 3.63) is 71.0 Å². The van der Waals surface area contributed by atoms with Crippen molar-refractivity contribution in [1.29, 1.82) is 0 Å². The number of hydrogen-bond acceptors (Lipinski definition) is 6. The van der Waals surface area contributed by atoms with Crippen LogP contribution in [0.5, 0.6) is 0 Å². The van der Waals surface area contributed by atoms with Crippen LogP contribution in [-0.4, -0.2) is 48.9 Å². The average molecular weight is 458 g/mol. The molecule has 1 fully saturated rings. The van der Waals surface area contributed by atoms with Crippen LogP contribution in [0.25, 0.3) is 0 Å². The van der Waals surface area contributed by atoms with Gasteiger partial charge in [0.15, 0.2) is 0 Å². The molecule has 0 amide bonds. The summed E-state index contributed by atoms with van der Waals surface area (Å²) in [6.07, 6.45) is 0. The molecule has 1 saturated heterocycles. The summed E-state index contributed by atoms with van der Waals surface area (Å²) in [5, 5.41) is 3.72. The van der Waals surface area contributed by atoms with Crippen LogP contribution in [0.15, 0.2) is 59.5 Å². The molecular weight excluding hydrogens is 434 g/mol. The summed E-state index contributed by atoms with van der Waals surface area (Å²) in [7, 11) is -3.57. The van der Waals surface area contributed by atoms with Crippen molar-refractivity contribution in [1.82, 2.24) is 14.3 Å². The highest BCUT2D eigenvalue weighted by molar-refractivity contribution is 7.89. The van der Waals surface area contributed by atoms with Gasteiger partial charge < -0.3 is 10.2 Å². The fourth-order valence-corrected chi connectivity index (χ4v) is 5.22. The van der Waals surface area contributed by atoms with Crippen molar-refractivity contribution in [3.8, 4) is 0 Å². The molecule has 0 saturated carbocycles. The van der Waals surface area contributed by atoms with Crippen LogP contribution in [-0.2, 0) is 10.0 Å². The Morgan fingerprint density at radius 3 is 2.32 bits per heavy atom. The Morgan fingerprint density at radius 1 is 0.935 bits per heavy atom. The highest BCUT2D eigenvalue weighted by Gasteiger charge is 2.29. The number of nitrogens with one attached hydrogen (secondary N) is 1. The molecule has 31 heavy (non-hydrogen) atoms. The van der Waals surface area contributed by atoms with Gasteiger partial charge in [0.25, 0.3) is 0 Å². The van der Waals surface area contributed by atoms with Crippen molar-refractivity contribution < 1.29 is 8.42 Å². The molecule has 0 unspecified atom stereocenters. The Kier molecular flexibility index (Phi) is 6.13. The third-order valence-corrected chi connectivity index (χ3v) is 7.27. The van der Waals surface area contributed by atoms with Gasteiger partial charge in [-0.05, 0) is 44.2 Å². The van der Waals surface area contributed by atoms with Gasteiger partial charge in [-0.15, -0.1) is 0 Å². The van der Waals surface area contributed by atoms with E-state index in [1.165, 1.54) is 15.9 Å². The van der Waals surface area contributed by atoms with E-state index in [4.69, 9.17) is 11.6 Å². The number of benzene rings is 2. The monoisotopic (exact) mass is 457 g/mol. The topological polar surface area (TPSA) is 78.4 Å². The number of sulfonamides is 1. The van der Waals surface area contributed by atoms with Crippen molar-refractivity contribution >= 4 is 38.9 Å². The summed E-state index contributed by atoms with van der Waals surface area (Å²) in [4.78, 5) is 11.3. The van der Waals surface area contributed by atoms with Crippen molar-refractivity contribution in [3.63, 3.8) is 0 Å². The summed E-state index contributed by atoms with van der Waals surface area (Å²) < 4.78 is 27.4. The number of nitrogens with zero attached hydrogens (tertiary/aromatic N) is 4. The average Bonchev–Trinajstić information content (AvgIpc) is 2.75. The zero-order valence-corrected chi connectivity index (χ0v) is 19.0. The van der Waals surface area contributed by atoms with E-state index < -0.39 is 10.0 Å². The van der Waals surface area contributed by atoms with Crippen molar-refractivity contribution in [2.75, 3.05) is 36.4 Å². The first-order valence-electron chi connectivity index (χ1n) is 10.0. The van der Waals surface area contributed by atoms with Crippen molar-refractivity contribution in [2.24, 2.45) is 0 Å². The molecule has 2 aromatic carbocycles. The summed E-state index contributed by atoms with van der Waals surface area (Å²) in [5.74, 6) is 2.14. The van der Waals surface area contributed by atoms with E-state index in [0.717, 1.165) is 11.5 Å². The van der Waals surface area contributed by atoms with Gasteiger partial charge in [-0.25, -0.2) is 18.4 Å². The van der Waals surface area contributed by atoms with E-state index in [0.29, 0.717) is 42.8 Å². The Bertz CT molecular complexity index is 1180. The molecule has 9 heteroatoms. The molecule has 1 aromatic heterocycles. The summed E-state index contributed by atoms with van der Waals surface area (Å²) in [5.41, 5.74) is 2.14. The molecule has 0 spiro atoms. The second-order valence-corrected chi connectivity index (χ2v) is 9.87. The first-order chi connectivity index (χ1) is 14.8. The van der Waals surface area contributed by atoms with E-state index in [2.05, 4.69) is 20.2 Å². The lowest BCUT2D eigenvalue weighted by molar-refractivity contribution is 0.383. The van der Waals surface area contributed by atoms with Crippen LogP contribution >= 0.6 is 11.6 Å². The lowest BCUT2D eigenvalue weighted by Gasteiger charge is -2.34. The molecule has 0 bridgehead atoms. The minimum atomic E-state index is -3.57. The number of piperazine rings is 1. The van der Waals surface area contributed by atoms with Crippen LogP contribution in [0, 0.1) is 13.8 Å². The zero-order chi connectivity index (χ0) is 22.0. The van der Waals surface area contributed by atoms with E-state index in [1.807, 2.05) is 44.2 Å². The minimum absolute atomic E-state index is 0.218. The quantitative estimate of drug-likeness (QED) is 0.623. The minimum Gasteiger partial charge on any atom is -0.354 e. The van der Waals surface area contributed by atoms with Gasteiger partial charge in [0, 0.05) is 43.0 Å². The smallest absolute Gasteiger partial charge is 0.243 e. The maximum absolute atomic E-state index is 12.9. The van der Waals surface area contributed by atoms with Crippen molar-refractivity contribution in [2.45, 2.75) is 18.7 Å². The Hall–Kier alpha value is -2.68. The fourth-order valence-electron chi connectivity index (χ4n) is 3.50. The molecule has 162 valence electrons. The number of aryl methyl sites for hydroxylation is 2. The highest BCUT2D eigenvalue weighted by Crippen LogP contribution is 2.24. The lowest BCUT2D eigenvalue weighted by atomic mass is 10.2. The molecule has 3 aromatic rings. The summed E-state index contributed by atoms with van der Waals surface area (Å²) >= 11 is 5.98. The van der Waals surface area contributed by atoms with E-state index in [-0.39, 0.29) is 4.90 Å². The predicted molar refractivity (Wildman–Crippen MR) is 124 cm³/mol. The zero-order valence-electron chi connectivity index (χ0n) is 17.4. The van der Waals surface area contributed by atoms with E-state index in [1.54, 1.807) is 18.2 Å².